The van der Waals surface area contributed by atoms with Crippen molar-refractivity contribution in [3.63, 3.8) is 0 Å². The number of benzene rings is 3. The molecule has 232 valence electrons. The lowest BCUT2D eigenvalue weighted by atomic mass is 9.52. The standard InChI is InChI=1S/C35H35N3O7/c1-38(2)29-24-15-21-14-23-22(20-10-8-19(9-11-20)17-37-16-18-6-4-3-5-7-18)12-13-25(39)27(23)30(40)26(21)32(42)35(24,45)33(43)28(31(29)41)34(36)44/h3-13,21,24,26,28-29,37,39,45H,14-17H2,1-2H3,(H2,36,44)/t21-,24-,26?,28?,29-,35-/m1/s1. The van der Waals surface area contributed by atoms with Crippen molar-refractivity contribution in [2.24, 2.45) is 29.4 Å². The number of nitrogens with one attached hydrogen (secondary N) is 1. The summed E-state index contributed by atoms with van der Waals surface area (Å²) in [5.74, 6) is -10.6. The van der Waals surface area contributed by atoms with Gasteiger partial charge in [0.15, 0.2) is 34.7 Å². The third kappa shape index (κ3) is 4.89. The fourth-order valence-electron chi connectivity index (χ4n) is 7.62. The zero-order valence-corrected chi connectivity index (χ0v) is 25.0. The number of phenolic OH excluding ortho intramolecular Hbond substituents is 1. The second kappa shape index (κ2) is 11.4. The quantitative estimate of drug-likeness (QED) is 0.292. The Labute approximate surface area is 260 Å². The number of hydrogen-bond acceptors (Lipinski definition) is 9. The van der Waals surface area contributed by atoms with Crippen molar-refractivity contribution in [3.8, 4) is 16.9 Å². The van der Waals surface area contributed by atoms with Gasteiger partial charge in [0.25, 0.3) is 0 Å². The van der Waals surface area contributed by atoms with Gasteiger partial charge in [0.2, 0.25) is 5.91 Å². The molecule has 2 fully saturated rings. The van der Waals surface area contributed by atoms with Gasteiger partial charge >= 0.3 is 0 Å². The van der Waals surface area contributed by atoms with E-state index in [-0.39, 0.29) is 24.2 Å². The number of fused-ring (bicyclic) bond motifs is 3. The molecule has 0 heterocycles. The summed E-state index contributed by atoms with van der Waals surface area (Å²) >= 11 is 0. The number of carbonyl (C=O) groups is 5. The maximum atomic E-state index is 14.0. The van der Waals surface area contributed by atoms with E-state index in [2.05, 4.69) is 17.4 Å². The molecule has 0 aliphatic heterocycles. The number of likely N-dealkylation sites (N-methyl/N-ethyl adjacent to an activating group) is 1. The number of amides is 1. The van der Waals surface area contributed by atoms with E-state index in [0.29, 0.717) is 12.1 Å². The monoisotopic (exact) mass is 609 g/mol. The number of nitrogens with two attached hydrogens (primary N) is 1. The van der Waals surface area contributed by atoms with Gasteiger partial charge in [0.05, 0.1) is 17.5 Å². The van der Waals surface area contributed by atoms with Crippen LogP contribution in [0.2, 0.25) is 0 Å². The van der Waals surface area contributed by atoms with E-state index in [9.17, 15) is 34.2 Å². The molecule has 0 saturated heterocycles. The molecule has 3 aliphatic carbocycles. The van der Waals surface area contributed by atoms with Gasteiger partial charge in [-0.2, -0.15) is 0 Å². The summed E-state index contributed by atoms with van der Waals surface area (Å²) in [5.41, 5.74) is 6.97. The number of primary amides is 1. The molecule has 3 aromatic carbocycles. The molecule has 0 spiro atoms. The topological polar surface area (TPSA) is 167 Å². The summed E-state index contributed by atoms with van der Waals surface area (Å²) in [4.78, 5) is 68.4. The number of hydrogen-bond donors (Lipinski definition) is 4. The molecule has 6 rings (SSSR count). The molecule has 0 aromatic heterocycles. The number of phenols is 1. The number of ketones is 4. The Morgan fingerprint density at radius 2 is 1.58 bits per heavy atom. The van der Waals surface area contributed by atoms with Crippen molar-refractivity contribution >= 4 is 29.0 Å². The van der Waals surface area contributed by atoms with Crippen molar-refractivity contribution in [2.45, 2.75) is 37.6 Å². The number of carbonyl (C=O) groups excluding carboxylic acids is 5. The van der Waals surface area contributed by atoms with Crippen LogP contribution >= 0.6 is 0 Å². The molecule has 3 aliphatic rings. The predicted molar refractivity (Wildman–Crippen MR) is 164 cm³/mol. The SMILES string of the molecule is CN(C)[C@H]1C(=O)C(C(N)=O)C(=O)[C@]2(O)C(=O)C3C(=O)c4c(O)ccc(-c5ccc(CNCc6ccccc6)cc5)c4C[C@@H]3C[C@H]12. The summed E-state index contributed by atoms with van der Waals surface area (Å²) in [5, 5.41) is 26.0. The number of aromatic hydroxyl groups is 1. The van der Waals surface area contributed by atoms with E-state index >= 15 is 0 Å². The van der Waals surface area contributed by atoms with Crippen LogP contribution in [-0.2, 0) is 38.7 Å². The Morgan fingerprint density at radius 3 is 2.20 bits per heavy atom. The molecule has 10 nitrogen and oxygen atoms in total. The molecule has 0 bridgehead atoms. The maximum absolute atomic E-state index is 14.0. The first-order chi connectivity index (χ1) is 21.4. The van der Waals surface area contributed by atoms with Crippen LogP contribution < -0.4 is 11.1 Å². The van der Waals surface area contributed by atoms with Gasteiger partial charge in [0, 0.05) is 19.0 Å². The van der Waals surface area contributed by atoms with Gasteiger partial charge < -0.3 is 21.3 Å². The highest BCUT2D eigenvalue weighted by Crippen LogP contribution is 2.51. The summed E-state index contributed by atoms with van der Waals surface area (Å²) in [6.07, 6.45) is 0.209. The molecule has 45 heavy (non-hydrogen) atoms. The van der Waals surface area contributed by atoms with E-state index in [1.54, 1.807) is 20.2 Å². The van der Waals surface area contributed by atoms with Crippen molar-refractivity contribution in [1.29, 1.82) is 0 Å². The molecule has 3 aromatic rings. The first-order valence-electron chi connectivity index (χ1n) is 15.0. The van der Waals surface area contributed by atoms with Crippen LogP contribution in [0.15, 0.2) is 66.7 Å². The lowest BCUT2D eigenvalue weighted by Crippen LogP contribution is -2.74. The minimum absolute atomic E-state index is 0.00497. The van der Waals surface area contributed by atoms with Crippen molar-refractivity contribution in [2.75, 3.05) is 14.1 Å². The lowest BCUT2D eigenvalue weighted by Gasteiger charge is -2.52. The van der Waals surface area contributed by atoms with E-state index in [1.807, 2.05) is 42.5 Å². The Balaban J connectivity index is 1.32. The predicted octanol–water partition coefficient (Wildman–Crippen LogP) is 1.82. The molecule has 10 heteroatoms. The first kappa shape index (κ1) is 30.5. The van der Waals surface area contributed by atoms with E-state index < -0.39 is 64.4 Å². The number of nitrogens with zero attached hydrogens (tertiary/aromatic N) is 1. The molecule has 6 atom stereocenters. The Hall–Kier alpha value is -4.51. The summed E-state index contributed by atoms with van der Waals surface area (Å²) < 4.78 is 0. The van der Waals surface area contributed by atoms with Gasteiger partial charge in [-0.3, -0.25) is 28.9 Å². The van der Waals surface area contributed by atoms with Crippen LogP contribution in [0.5, 0.6) is 5.75 Å². The van der Waals surface area contributed by atoms with Crippen LogP contribution in [-0.4, -0.2) is 69.9 Å². The minimum Gasteiger partial charge on any atom is -0.507 e. The second-order valence-electron chi connectivity index (χ2n) is 12.6. The third-order valence-corrected chi connectivity index (χ3v) is 9.71. The Morgan fingerprint density at radius 1 is 0.933 bits per heavy atom. The summed E-state index contributed by atoms with van der Waals surface area (Å²) in [6, 6.07) is 19.9. The minimum atomic E-state index is -2.74. The fraction of sp³-hybridized carbons (Fsp3) is 0.343. The first-order valence-corrected chi connectivity index (χ1v) is 15.0. The average molecular weight is 610 g/mol. The average Bonchev–Trinajstić information content (AvgIpc) is 3.00. The van der Waals surface area contributed by atoms with Gasteiger partial charge in [-0.05, 0) is 66.7 Å². The van der Waals surface area contributed by atoms with Crippen LogP contribution in [0.4, 0.5) is 0 Å². The summed E-state index contributed by atoms with van der Waals surface area (Å²) in [6.45, 7) is 1.38. The van der Waals surface area contributed by atoms with E-state index in [0.717, 1.165) is 23.2 Å². The van der Waals surface area contributed by atoms with Crippen molar-refractivity contribution < 1.29 is 34.2 Å². The smallest absolute Gasteiger partial charge is 0.235 e. The molecule has 0 radical (unpaired) electrons. The van der Waals surface area contributed by atoms with Gasteiger partial charge in [-0.1, -0.05) is 60.7 Å². The number of rotatable bonds is 7. The van der Waals surface area contributed by atoms with Crippen molar-refractivity contribution in [3.05, 3.63) is 89.0 Å². The number of aliphatic hydroxyl groups is 1. The zero-order valence-electron chi connectivity index (χ0n) is 25.0. The maximum Gasteiger partial charge on any atom is 0.235 e. The highest BCUT2D eigenvalue weighted by atomic mass is 16.3. The second-order valence-corrected chi connectivity index (χ2v) is 12.6. The van der Waals surface area contributed by atoms with E-state index in [1.165, 1.54) is 16.5 Å². The van der Waals surface area contributed by atoms with Gasteiger partial charge in [0.1, 0.15) is 5.75 Å². The van der Waals surface area contributed by atoms with Crippen LogP contribution in [0.3, 0.4) is 0 Å². The van der Waals surface area contributed by atoms with Gasteiger partial charge in [-0.15, -0.1) is 0 Å². The Kier molecular flexibility index (Phi) is 7.76. The normalized spacial score (nSPS) is 27.6. The highest BCUT2D eigenvalue weighted by Gasteiger charge is 2.69. The highest BCUT2D eigenvalue weighted by molar-refractivity contribution is 6.32. The van der Waals surface area contributed by atoms with E-state index in [4.69, 9.17) is 5.73 Å². The van der Waals surface area contributed by atoms with Crippen LogP contribution in [0, 0.1) is 23.7 Å². The molecular weight excluding hydrogens is 574 g/mol. The Bertz CT molecular complexity index is 1720. The fourth-order valence-corrected chi connectivity index (χ4v) is 7.62. The largest absolute Gasteiger partial charge is 0.507 e. The number of Topliss-reactive ketones (excluding diaryl/α,β-unsaturated/α-hetero) is 4. The molecule has 1 amide bonds. The lowest BCUT2D eigenvalue weighted by molar-refractivity contribution is -0.181. The zero-order chi connectivity index (χ0) is 32.2. The molecular formula is C35H35N3O7. The third-order valence-electron chi connectivity index (χ3n) is 9.71. The molecule has 2 saturated carbocycles. The van der Waals surface area contributed by atoms with Crippen LogP contribution in [0.1, 0.15) is 33.5 Å². The molecule has 5 N–H and O–H groups in total. The van der Waals surface area contributed by atoms with Crippen molar-refractivity contribution in [1.82, 2.24) is 10.2 Å². The molecule has 2 unspecified atom stereocenters. The van der Waals surface area contributed by atoms with Crippen LogP contribution in [0.25, 0.3) is 11.1 Å². The summed E-state index contributed by atoms with van der Waals surface area (Å²) in [7, 11) is 3.12. The van der Waals surface area contributed by atoms with Gasteiger partial charge in [-0.25, -0.2) is 0 Å².